The summed E-state index contributed by atoms with van der Waals surface area (Å²) < 4.78 is 5.19. The highest BCUT2D eigenvalue weighted by atomic mass is 35.5. The summed E-state index contributed by atoms with van der Waals surface area (Å²) in [6, 6.07) is 8.06. The fourth-order valence-electron chi connectivity index (χ4n) is 2.77. The largest absolute Gasteiger partial charge is 0.481 e. The minimum atomic E-state index is -1.21. The molecule has 2 N–H and O–H groups in total. The summed E-state index contributed by atoms with van der Waals surface area (Å²) in [5.41, 5.74) is 0.525. The summed E-state index contributed by atoms with van der Waals surface area (Å²) in [6.07, 6.45) is 1.18. The van der Waals surface area contributed by atoms with E-state index in [0.29, 0.717) is 10.6 Å². The lowest BCUT2D eigenvalue weighted by molar-refractivity contribution is -0.139. The Morgan fingerprint density at radius 1 is 1.20 bits per heavy atom. The summed E-state index contributed by atoms with van der Waals surface area (Å²) in [7, 11) is 0. The highest BCUT2D eigenvalue weighted by Crippen LogP contribution is 2.31. The number of hydrogen-bond acceptors (Lipinski definition) is 5. The molecule has 0 aliphatic carbocycles. The van der Waals surface area contributed by atoms with Crippen LogP contribution in [0, 0.1) is 6.92 Å². The quantitative estimate of drug-likeness (QED) is 0.534. The molecule has 1 saturated heterocycles. The van der Waals surface area contributed by atoms with Crippen LogP contribution in [0.1, 0.15) is 11.1 Å². The minimum Gasteiger partial charge on any atom is -0.481 e. The fraction of sp³-hybridized carbons (Fsp3) is 0.100. The second-order valence-electron chi connectivity index (χ2n) is 6.21. The summed E-state index contributed by atoms with van der Waals surface area (Å²) in [5.74, 6) is -2.90. The number of anilines is 1. The Labute approximate surface area is 180 Å². The third kappa shape index (κ3) is 4.29. The Morgan fingerprint density at radius 2 is 1.93 bits per heavy atom. The van der Waals surface area contributed by atoms with Crippen LogP contribution in [0.2, 0.25) is 10.0 Å². The summed E-state index contributed by atoms with van der Waals surface area (Å²) in [6.45, 7) is 0.997. The molecule has 0 aromatic heterocycles. The van der Waals surface area contributed by atoms with E-state index in [1.54, 1.807) is 19.1 Å². The standard InChI is InChI=1S/C20H14Cl2N2O6/c1-10-14(22)3-2-4-15(10)24-19(28)13(18(27)23-20(24)29)8-11-7-12(21)5-6-16(11)30-9-17(25)26/h2-8H,9H2,1H3,(H,25,26)(H,23,27,29)/b13-8+. The molecule has 0 radical (unpaired) electrons. The number of barbiturate groups is 1. The number of benzene rings is 2. The Hall–Kier alpha value is -3.36. The Kier molecular flexibility index (Phi) is 6.09. The van der Waals surface area contributed by atoms with E-state index in [4.69, 9.17) is 33.0 Å². The average molecular weight is 449 g/mol. The molecule has 0 saturated carbocycles. The molecule has 154 valence electrons. The van der Waals surface area contributed by atoms with Crippen LogP contribution in [-0.4, -0.2) is 35.5 Å². The zero-order valence-electron chi connectivity index (χ0n) is 15.4. The van der Waals surface area contributed by atoms with Gasteiger partial charge in [0.25, 0.3) is 11.8 Å². The number of rotatable bonds is 5. The van der Waals surface area contributed by atoms with Crippen molar-refractivity contribution < 1.29 is 29.0 Å². The molecule has 1 aliphatic heterocycles. The van der Waals surface area contributed by atoms with Gasteiger partial charge in [0.15, 0.2) is 6.61 Å². The number of imide groups is 2. The van der Waals surface area contributed by atoms with Gasteiger partial charge >= 0.3 is 12.0 Å². The number of aliphatic carboxylic acids is 1. The zero-order valence-corrected chi connectivity index (χ0v) is 17.0. The van der Waals surface area contributed by atoms with Crippen molar-refractivity contribution >= 4 is 58.8 Å². The van der Waals surface area contributed by atoms with Gasteiger partial charge in [-0.25, -0.2) is 14.5 Å². The van der Waals surface area contributed by atoms with Gasteiger partial charge in [-0.3, -0.25) is 14.9 Å². The first-order chi connectivity index (χ1) is 14.2. The molecule has 8 nitrogen and oxygen atoms in total. The van der Waals surface area contributed by atoms with Crippen molar-refractivity contribution in [3.05, 3.63) is 63.1 Å². The molecular formula is C20H14Cl2N2O6. The van der Waals surface area contributed by atoms with Gasteiger partial charge in [0.05, 0.1) is 5.69 Å². The number of halogens is 2. The predicted octanol–water partition coefficient (Wildman–Crippen LogP) is 3.43. The van der Waals surface area contributed by atoms with Gasteiger partial charge < -0.3 is 9.84 Å². The van der Waals surface area contributed by atoms with Crippen LogP contribution < -0.4 is 15.0 Å². The monoisotopic (exact) mass is 448 g/mol. The Bertz CT molecular complexity index is 1110. The lowest BCUT2D eigenvalue weighted by Crippen LogP contribution is -2.54. The molecule has 0 bridgehead atoms. The van der Waals surface area contributed by atoms with E-state index in [2.05, 4.69) is 5.32 Å². The highest BCUT2D eigenvalue weighted by molar-refractivity contribution is 6.40. The van der Waals surface area contributed by atoms with Crippen LogP contribution in [0.15, 0.2) is 42.0 Å². The molecule has 3 rings (SSSR count). The maximum absolute atomic E-state index is 13.0. The van der Waals surface area contributed by atoms with Gasteiger partial charge in [0, 0.05) is 15.6 Å². The summed E-state index contributed by atoms with van der Waals surface area (Å²) in [5, 5.41) is 11.5. The van der Waals surface area contributed by atoms with Gasteiger partial charge in [0.2, 0.25) is 0 Å². The molecule has 0 spiro atoms. The number of hydrogen-bond donors (Lipinski definition) is 2. The van der Waals surface area contributed by atoms with E-state index in [1.807, 2.05) is 0 Å². The van der Waals surface area contributed by atoms with Crippen molar-refractivity contribution in [3.8, 4) is 5.75 Å². The molecule has 1 fully saturated rings. The number of urea groups is 1. The van der Waals surface area contributed by atoms with Crippen LogP contribution in [0.3, 0.4) is 0 Å². The molecule has 1 aliphatic rings. The van der Waals surface area contributed by atoms with E-state index in [9.17, 15) is 19.2 Å². The number of carboxylic acid groups (broad SMARTS) is 1. The average Bonchev–Trinajstić information content (AvgIpc) is 2.67. The highest BCUT2D eigenvalue weighted by Gasteiger charge is 2.37. The number of ether oxygens (including phenoxy) is 1. The Morgan fingerprint density at radius 3 is 2.63 bits per heavy atom. The number of carbonyl (C=O) groups is 4. The van der Waals surface area contributed by atoms with Gasteiger partial charge in [-0.05, 0) is 48.9 Å². The molecule has 2 aromatic carbocycles. The molecule has 1 heterocycles. The van der Waals surface area contributed by atoms with Crippen molar-refractivity contribution in [2.24, 2.45) is 0 Å². The number of amides is 4. The first-order valence-corrected chi connectivity index (χ1v) is 9.25. The van der Waals surface area contributed by atoms with Crippen LogP contribution in [0.25, 0.3) is 6.08 Å². The second kappa shape index (κ2) is 8.56. The number of carboxylic acids is 1. The molecule has 2 aromatic rings. The van der Waals surface area contributed by atoms with E-state index < -0.39 is 30.4 Å². The van der Waals surface area contributed by atoms with E-state index in [0.717, 1.165) is 4.90 Å². The van der Waals surface area contributed by atoms with E-state index in [-0.39, 0.29) is 27.6 Å². The first kappa shape index (κ1) is 21.4. The normalized spacial score (nSPS) is 15.4. The lowest BCUT2D eigenvalue weighted by Gasteiger charge is -2.27. The predicted molar refractivity (Wildman–Crippen MR) is 110 cm³/mol. The van der Waals surface area contributed by atoms with Crippen molar-refractivity contribution in [2.75, 3.05) is 11.5 Å². The third-order valence-corrected chi connectivity index (χ3v) is 4.85. The molecule has 4 amide bonds. The van der Waals surface area contributed by atoms with Crippen molar-refractivity contribution in [1.82, 2.24) is 5.32 Å². The number of nitrogens with zero attached hydrogens (tertiary/aromatic N) is 1. The second-order valence-corrected chi connectivity index (χ2v) is 7.05. The smallest absolute Gasteiger partial charge is 0.341 e. The molecule has 30 heavy (non-hydrogen) atoms. The fourth-order valence-corrected chi connectivity index (χ4v) is 3.12. The third-order valence-electron chi connectivity index (χ3n) is 4.20. The molecule has 10 heteroatoms. The SMILES string of the molecule is Cc1c(Cl)cccc1N1C(=O)NC(=O)/C(=C\c2cc(Cl)ccc2OCC(=O)O)C1=O. The molecule has 0 atom stereocenters. The van der Waals surface area contributed by atoms with Gasteiger partial charge in [-0.1, -0.05) is 29.3 Å². The van der Waals surface area contributed by atoms with Crippen LogP contribution in [0.4, 0.5) is 10.5 Å². The zero-order chi connectivity index (χ0) is 22.0. The lowest BCUT2D eigenvalue weighted by atomic mass is 10.0. The molecular weight excluding hydrogens is 435 g/mol. The van der Waals surface area contributed by atoms with Gasteiger partial charge in [-0.2, -0.15) is 0 Å². The van der Waals surface area contributed by atoms with E-state index in [1.165, 1.54) is 30.3 Å². The maximum Gasteiger partial charge on any atom is 0.341 e. The minimum absolute atomic E-state index is 0.0947. The van der Waals surface area contributed by atoms with E-state index >= 15 is 0 Å². The number of nitrogens with one attached hydrogen (secondary N) is 1. The van der Waals surface area contributed by atoms with Crippen LogP contribution >= 0.6 is 23.2 Å². The Balaban J connectivity index is 2.06. The topological polar surface area (TPSA) is 113 Å². The van der Waals surface area contributed by atoms with Crippen LogP contribution in [0.5, 0.6) is 5.75 Å². The number of carbonyl (C=O) groups excluding carboxylic acids is 3. The summed E-state index contributed by atoms with van der Waals surface area (Å²) >= 11 is 12.1. The summed E-state index contributed by atoms with van der Waals surface area (Å²) in [4.78, 5) is 49.4. The van der Waals surface area contributed by atoms with Crippen molar-refractivity contribution in [3.63, 3.8) is 0 Å². The first-order valence-electron chi connectivity index (χ1n) is 8.49. The van der Waals surface area contributed by atoms with Crippen LogP contribution in [-0.2, 0) is 14.4 Å². The maximum atomic E-state index is 13.0. The molecule has 0 unspecified atom stereocenters. The van der Waals surface area contributed by atoms with Gasteiger partial charge in [-0.15, -0.1) is 0 Å². The van der Waals surface area contributed by atoms with Gasteiger partial charge in [0.1, 0.15) is 11.3 Å². The van der Waals surface area contributed by atoms with Crippen molar-refractivity contribution in [1.29, 1.82) is 0 Å². The van der Waals surface area contributed by atoms with Crippen molar-refractivity contribution in [2.45, 2.75) is 6.92 Å².